The van der Waals surface area contributed by atoms with Crippen LogP contribution in [0.25, 0.3) is 0 Å². The van der Waals surface area contributed by atoms with Crippen molar-refractivity contribution in [2.24, 2.45) is 11.8 Å². The molecule has 6 rings (SSSR count). The van der Waals surface area contributed by atoms with Crippen LogP contribution in [-0.4, -0.2) is 50.0 Å². The van der Waals surface area contributed by atoms with Gasteiger partial charge in [0.05, 0.1) is 18.7 Å². The molecule has 7 heteroatoms. The summed E-state index contributed by atoms with van der Waals surface area (Å²) in [5.74, 6) is 0.595. The van der Waals surface area contributed by atoms with Crippen molar-refractivity contribution in [2.45, 2.75) is 56.7 Å². The monoisotopic (exact) mass is 395 g/mol. The molecule has 1 aromatic carbocycles. The van der Waals surface area contributed by atoms with Crippen molar-refractivity contribution < 1.29 is 9.90 Å². The molecule has 4 atom stereocenters. The maximum absolute atomic E-state index is 12.8. The molecule has 2 aromatic rings. The van der Waals surface area contributed by atoms with Crippen LogP contribution in [0.3, 0.4) is 0 Å². The summed E-state index contributed by atoms with van der Waals surface area (Å²) in [5, 5.41) is 22.4. The Morgan fingerprint density at radius 2 is 2.03 bits per heavy atom. The van der Waals surface area contributed by atoms with Crippen LogP contribution in [-0.2, 0) is 16.9 Å². The maximum Gasteiger partial charge on any atom is 0.229 e. The molecule has 4 heterocycles. The van der Waals surface area contributed by atoms with Crippen molar-refractivity contribution in [1.29, 1.82) is 0 Å². The van der Waals surface area contributed by atoms with E-state index in [9.17, 15) is 9.90 Å². The Balaban J connectivity index is 1.22. The Morgan fingerprint density at radius 1 is 1.24 bits per heavy atom. The molecular formula is C22H29N5O2. The number of aliphatic hydroxyl groups is 1. The molecule has 1 amide bonds. The first-order valence-electron chi connectivity index (χ1n) is 10.8. The molecule has 4 fully saturated rings. The molecular weight excluding hydrogens is 366 g/mol. The van der Waals surface area contributed by atoms with E-state index in [4.69, 9.17) is 0 Å². The van der Waals surface area contributed by atoms with Gasteiger partial charge < -0.3 is 10.4 Å². The number of hydrogen-bond acceptors (Lipinski definition) is 5. The van der Waals surface area contributed by atoms with Crippen molar-refractivity contribution in [1.82, 2.24) is 19.9 Å². The van der Waals surface area contributed by atoms with Gasteiger partial charge in [-0.15, -0.1) is 5.10 Å². The van der Waals surface area contributed by atoms with Crippen LogP contribution in [0.2, 0.25) is 0 Å². The third kappa shape index (κ3) is 3.69. The van der Waals surface area contributed by atoms with Gasteiger partial charge in [-0.05, 0) is 50.3 Å². The summed E-state index contributed by atoms with van der Waals surface area (Å²) in [6, 6.07) is 10.1. The molecule has 3 aliphatic heterocycles. The topological polar surface area (TPSA) is 83.3 Å². The van der Waals surface area contributed by atoms with Gasteiger partial charge in [0.1, 0.15) is 11.3 Å². The van der Waals surface area contributed by atoms with Gasteiger partial charge in [0.25, 0.3) is 0 Å². The highest BCUT2D eigenvalue weighted by Crippen LogP contribution is 2.39. The number of hydrogen-bond donors (Lipinski definition) is 2. The predicted molar refractivity (Wildman–Crippen MR) is 109 cm³/mol. The van der Waals surface area contributed by atoms with Crippen LogP contribution in [0.1, 0.15) is 44.2 Å². The molecule has 29 heavy (non-hydrogen) atoms. The number of fused-ring (bicyclic) bond motifs is 3. The van der Waals surface area contributed by atoms with Gasteiger partial charge in [-0.1, -0.05) is 36.3 Å². The Hall–Kier alpha value is -2.25. The molecule has 3 saturated heterocycles. The van der Waals surface area contributed by atoms with Crippen molar-refractivity contribution in [3.8, 4) is 0 Å². The molecule has 7 nitrogen and oxygen atoms in total. The lowest BCUT2D eigenvalue weighted by Crippen LogP contribution is -2.57. The van der Waals surface area contributed by atoms with Crippen LogP contribution in [0.15, 0.2) is 36.5 Å². The molecule has 2 bridgehead atoms. The number of carbonyl (C=O) groups excluding carboxylic acids is 1. The average Bonchev–Trinajstić information content (AvgIpc) is 3.39. The number of piperidine rings is 3. The SMILES string of the molecule is O=C(Nc1ccccc1)C1CN2CCC1CC2Cn1cc(C2(O)CCCC2)nn1. The van der Waals surface area contributed by atoms with Gasteiger partial charge in [0.2, 0.25) is 5.91 Å². The van der Waals surface area contributed by atoms with Crippen molar-refractivity contribution >= 4 is 11.6 Å². The number of para-hydroxylation sites is 1. The number of carbonyl (C=O) groups is 1. The molecule has 0 spiro atoms. The molecule has 2 N–H and O–H groups in total. The van der Waals surface area contributed by atoms with Gasteiger partial charge in [0.15, 0.2) is 0 Å². The minimum atomic E-state index is -0.787. The Kier molecular flexibility index (Phi) is 4.87. The third-order valence-corrected chi connectivity index (χ3v) is 7.10. The van der Waals surface area contributed by atoms with Crippen LogP contribution < -0.4 is 5.32 Å². The number of amides is 1. The van der Waals surface area contributed by atoms with Crippen molar-refractivity contribution in [2.75, 3.05) is 18.4 Å². The van der Waals surface area contributed by atoms with E-state index in [0.717, 1.165) is 63.8 Å². The predicted octanol–water partition coefficient (Wildman–Crippen LogP) is 2.39. The van der Waals surface area contributed by atoms with Gasteiger partial charge in [0, 0.05) is 18.3 Å². The summed E-state index contributed by atoms with van der Waals surface area (Å²) >= 11 is 0. The molecule has 4 unspecified atom stereocenters. The lowest BCUT2D eigenvalue weighted by Gasteiger charge is -2.49. The summed E-state index contributed by atoms with van der Waals surface area (Å²) in [7, 11) is 0. The van der Waals surface area contributed by atoms with E-state index in [1.807, 2.05) is 41.2 Å². The summed E-state index contributed by atoms with van der Waals surface area (Å²) in [4.78, 5) is 15.2. The van der Waals surface area contributed by atoms with E-state index < -0.39 is 5.60 Å². The lowest BCUT2D eigenvalue weighted by atomic mass is 9.75. The van der Waals surface area contributed by atoms with Crippen LogP contribution in [0, 0.1) is 11.8 Å². The fourth-order valence-electron chi connectivity index (χ4n) is 5.41. The van der Waals surface area contributed by atoms with Gasteiger partial charge in [-0.2, -0.15) is 0 Å². The Morgan fingerprint density at radius 3 is 2.76 bits per heavy atom. The quantitative estimate of drug-likeness (QED) is 0.812. The molecule has 154 valence electrons. The first-order valence-corrected chi connectivity index (χ1v) is 10.8. The standard InChI is InChI=1S/C22H29N5O2/c28-21(23-17-6-2-1-3-7-17)19-14-26-11-8-16(19)12-18(26)13-27-15-20(24-25-27)22(29)9-4-5-10-22/h1-3,6-7,15-16,18-19,29H,4-5,8-14H2,(H,23,28). The van der Waals surface area contributed by atoms with Gasteiger partial charge in [-0.25, -0.2) is 0 Å². The maximum atomic E-state index is 12.8. The third-order valence-electron chi connectivity index (χ3n) is 7.10. The zero-order valence-corrected chi connectivity index (χ0v) is 16.7. The smallest absolute Gasteiger partial charge is 0.229 e. The number of benzene rings is 1. The minimum Gasteiger partial charge on any atom is -0.383 e. The highest BCUT2D eigenvalue weighted by molar-refractivity contribution is 5.93. The molecule has 1 saturated carbocycles. The minimum absolute atomic E-state index is 0.0470. The number of anilines is 1. The average molecular weight is 396 g/mol. The second kappa shape index (κ2) is 7.54. The van der Waals surface area contributed by atoms with E-state index >= 15 is 0 Å². The largest absolute Gasteiger partial charge is 0.383 e. The first-order chi connectivity index (χ1) is 14.1. The number of nitrogens with zero attached hydrogens (tertiary/aromatic N) is 4. The number of nitrogens with one attached hydrogen (secondary N) is 1. The zero-order chi connectivity index (χ0) is 19.8. The summed E-state index contributed by atoms with van der Waals surface area (Å²) < 4.78 is 1.88. The molecule has 0 radical (unpaired) electrons. The van der Waals surface area contributed by atoms with E-state index in [-0.39, 0.29) is 11.8 Å². The zero-order valence-electron chi connectivity index (χ0n) is 16.7. The van der Waals surface area contributed by atoms with E-state index in [2.05, 4.69) is 20.5 Å². The number of aromatic nitrogens is 3. The Labute approximate surface area is 171 Å². The van der Waals surface area contributed by atoms with E-state index in [1.54, 1.807) is 0 Å². The van der Waals surface area contributed by atoms with Crippen LogP contribution >= 0.6 is 0 Å². The Bertz CT molecular complexity index is 861. The molecule has 1 aromatic heterocycles. The highest BCUT2D eigenvalue weighted by atomic mass is 16.3. The first kappa shape index (κ1) is 18.8. The van der Waals surface area contributed by atoms with Gasteiger partial charge >= 0.3 is 0 Å². The second-order valence-corrected chi connectivity index (χ2v) is 8.96. The van der Waals surface area contributed by atoms with Gasteiger partial charge in [-0.3, -0.25) is 14.4 Å². The number of rotatable bonds is 5. The van der Waals surface area contributed by atoms with E-state index in [1.165, 1.54) is 0 Å². The fraction of sp³-hybridized carbons (Fsp3) is 0.591. The van der Waals surface area contributed by atoms with Crippen LogP contribution in [0.5, 0.6) is 0 Å². The highest BCUT2D eigenvalue weighted by Gasteiger charge is 2.43. The second-order valence-electron chi connectivity index (χ2n) is 8.96. The normalized spacial score (nSPS) is 30.4. The summed E-state index contributed by atoms with van der Waals surface area (Å²) in [6.07, 6.45) is 7.66. The van der Waals surface area contributed by atoms with Crippen molar-refractivity contribution in [3.63, 3.8) is 0 Å². The summed E-state index contributed by atoms with van der Waals surface area (Å²) in [6.45, 7) is 2.61. The summed E-state index contributed by atoms with van der Waals surface area (Å²) in [5.41, 5.74) is 0.793. The van der Waals surface area contributed by atoms with E-state index in [0.29, 0.717) is 17.7 Å². The lowest BCUT2D eigenvalue weighted by molar-refractivity contribution is -0.127. The fourth-order valence-corrected chi connectivity index (χ4v) is 5.41. The molecule has 4 aliphatic rings. The molecule has 1 aliphatic carbocycles. The van der Waals surface area contributed by atoms with Crippen molar-refractivity contribution in [3.05, 3.63) is 42.2 Å². The van der Waals surface area contributed by atoms with Crippen LogP contribution in [0.4, 0.5) is 5.69 Å².